The number of nitrogens with zero attached hydrogens (tertiary/aromatic N) is 1. The summed E-state index contributed by atoms with van der Waals surface area (Å²) in [4.78, 5) is 12.2. The number of hydrogen-bond donors (Lipinski definition) is 0. The third kappa shape index (κ3) is 2.64. The summed E-state index contributed by atoms with van der Waals surface area (Å²) in [5.74, 6) is -0.558. The molecule has 2 nitrogen and oxygen atoms in total. The molecule has 4 heteroatoms. The monoisotopic (exact) mass is 191 g/mol. The number of amides is 1. The molecular weight excluding hydrogens is 176 g/mol. The highest BCUT2D eigenvalue weighted by atomic mass is 19.3. The van der Waals surface area contributed by atoms with Gasteiger partial charge in [0.1, 0.15) is 0 Å². The van der Waals surface area contributed by atoms with Crippen molar-refractivity contribution in [2.45, 2.75) is 32.6 Å². The second-order valence-electron chi connectivity index (χ2n) is 3.47. The van der Waals surface area contributed by atoms with Crippen LogP contribution in [0.1, 0.15) is 26.2 Å². The standard InChI is InChI=1S/C9H15F2NO/c1-2-12(9(13)8(10)11)6-7-4-3-5-7/h7-8H,2-6H2,1H3. The van der Waals surface area contributed by atoms with E-state index in [2.05, 4.69) is 0 Å². The molecular formula is C9H15F2NO. The van der Waals surface area contributed by atoms with Crippen molar-refractivity contribution >= 4 is 5.91 Å². The van der Waals surface area contributed by atoms with Crippen LogP contribution < -0.4 is 0 Å². The molecule has 1 aliphatic carbocycles. The zero-order valence-electron chi connectivity index (χ0n) is 7.80. The topological polar surface area (TPSA) is 20.3 Å². The first-order chi connectivity index (χ1) is 6.15. The Hall–Kier alpha value is -0.670. The fourth-order valence-corrected chi connectivity index (χ4v) is 1.50. The molecule has 1 fully saturated rings. The average Bonchev–Trinajstić information content (AvgIpc) is 2.02. The fourth-order valence-electron chi connectivity index (χ4n) is 1.50. The summed E-state index contributed by atoms with van der Waals surface area (Å²) in [6.45, 7) is 2.64. The van der Waals surface area contributed by atoms with Gasteiger partial charge in [0.15, 0.2) is 0 Å². The summed E-state index contributed by atoms with van der Waals surface area (Å²) in [5, 5.41) is 0. The molecule has 0 N–H and O–H groups in total. The molecule has 0 bridgehead atoms. The zero-order chi connectivity index (χ0) is 9.84. The van der Waals surface area contributed by atoms with Gasteiger partial charge in [-0.1, -0.05) is 6.42 Å². The first-order valence-electron chi connectivity index (χ1n) is 4.72. The third-order valence-corrected chi connectivity index (χ3v) is 2.58. The second-order valence-corrected chi connectivity index (χ2v) is 3.47. The lowest BCUT2D eigenvalue weighted by Gasteiger charge is -2.31. The maximum absolute atomic E-state index is 12.0. The highest BCUT2D eigenvalue weighted by Crippen LogP contribution is 2.27. The number of halogens is 2. The van der Waals surface area contributed by atoms with Crippen LogP contribution in [-0.4, -0.2) is 30.3 Å². The Balaban J connectivity index is 2.36. The zero-order valence-corrected chi connectivity index (χ0v) is 7.80. The van der Waals surface area contributed by atoms with E-state index >= 15 is 0 Å². The van der Waals surface area contributed by atoms with Crippen molar-refractivity contribution in [2.75, 3.05) is 13.1 Å². The quantitative estimate of drug-likeness (QED) is 0.664. The molecule has 0 aromatic carbocycles. The lowest BCUT2D eigenvalue weighted by atomic mass is 9.85. The van der Waals surface area contributed by atoms with Crippen molar-refractivity contribution in [3.05, 3.63) is 0 Å². The van der Waals surface area contributed by atoms with Crippen molar-refractivity contribution in [3.8, 4) is 0 Å². The van der Waals surface area contributed by atoms with E-state index in [1.807, 2.05) is 0 Å². The van der Waals surface area contributed by atoms with Crippen LogP contribution in [0.5, 0.6) is 0 Å². The summed E-state index contributed by atoms with van der Waals surface area (Å²) < 4.78 is 24.1. The summed E-state index contributed by atoms with van der Waals surface area (Å²) in [6, 6.07) is 0. The summed E-state index contributed by atoms with van der Waals surface area (Å²) in [5.41, 5.74) is 0. The fraction of sp³-hybridized carbons (Fsp3) is 0.889. The molecule has 0 unspecified atom stereocenters. The first-order valence-corrected chi connectivity index (χ1v) is 4.72. The van der Waals surface area contributed by atoms with E-state index in [-0.39, 0.29) is 0 Å². The van der Waals surface area contributed by atoms with Gasteiger partial charge >= 0.3 is 6.43 Å². The van der Waals surface area contributed by atoms with Crippen LogP contribution in [0.15, 0.2) is 0 Å². The molecule has 13 heavy (non-hydrogen) atoms. The van der Waals surface area contributed by atoms with Gasteiger partial charge in [0.25, 0.3) is 5.91 Å². The Morgan fingerprint density at radius 3 is 2.46 bits per heavy atom. The predicted molar refractivity (Wildman–Crippen MR) is 45.6 cm³/mol. The van der Waals surface area contributed by atoms with E-state index in [0.29, 0.717) is 19.0 Å². The number of carbonyl (C=O) groups is 1. The van der Waals surface area contributed by atoms with E-state index in [4.69, 9.17) is 0 Å². The summed E-state index contributed by atoms with van der Waals surface area (Å²) in [6.07, 6.45) is 0.477. The summed E-state index contributed by atoms with van der Waals surface area (Å²) in [7, 11) is 0. The van der Waals surface area contributed by atoms with Crippen LogP contribution in [0.4, 0.5) is 8.78 Å². The number of alkyl halides is 2. The number of hydrogen-bond acceptors (Lipinski definition) is 1. The smallest absolute Gasteiger partial charge is 0.315 e. The molecule has 0 saturated heterocycles. The predicted octanol–water partition coefficient (Wildman–Crippen LogP) is 1.90. The van der Waals surface area contributed by atoms with Gasteiger partial charge in [0.2, 0.25) is 0 Å². The average molecular weight is 191 g/mol. The molecule has 0 radical (unpaired) electrons. The Kier molecular flexibility index (Phi) is 3.63. The SMILES string of the molecule is CCN(CC1CCC1)C(=O)C(F)F. The number of carbonyl (C=O) groups excluding carboxylic acids is 1. The lowest BCUT2D eigenvalue weighted by Crippen LogP contribution is -2.40. The molecule has 76 valence electrons. The van der Waals surface area contributed by atoms with E-state index in [9.17, 15) is 13.6 Å². The van der Waals surface area contributed by atoms with Gasteiger partial charge in [-0.15, -0.1) is 0 Å². The Morgan fingerprint density at radius 2 is 2.15 bits per heavy atom. The van der Waals surface area contributed by atoms with Gasteiger partial charge in [-0.25, -0.2) is 0 Å². The minimum absolute atomic E-state index is 0.389. The third-order valence-electron chi connectivity index (χ3n) is 2.58. The van der Waals surface area contributed by atoms with Crippen LogP contribution in [0.3, 0.4) is 0 Å². The van der Waals surface area contributed by atoms with Crippen molar-refractivity contribution in [1.29, 1.82) is 0 Å². The van der Waals surface area contributed by atoms with Crippen molar-refractivity contribution in [2.24, 2.45) is 5.92 Å². The lowest BCUT2D eigenvalue weighted by molar-refractivity contribution is -0.143. The molecule has 1 aliphatic rings. The van der Waals surface area contributed by atoms with E-state index in [0.717, 1.165) is 12.8 Å². The minimum Gasteiger partial charge on any atom is -0.338 e. The van der Waals surface area contributed by atoms with Crippen LogP contribution in [0, 0.1) is 5.92 Å². The number of rotatable bonds is 4. The molecule has 0 aromatic heterocycles. The maximum Gasteiger partial charge on any atom is 0.315 e. The van der Waals surface area contributed by atoms with Gasteiger partial charge in [0, 0.05) is 13.1 Å². The molecule has 0 heterocycles. The maximum atomic E-state index is 12.0. The molecule has 0 spiro atoms. The van der Waals surface area contributed by atoms with Gasteiger partial charge in [-0.05, 0) is 25.7 Å². The van der Waals surface area contributed by atoms with Gasteiger partial charge < -0.3 is 4.90 Å². The molecule has 1 rings (SSSR count). The highest BCUT2D eigenvalue weighted by molar-refractivity contribution is 5.79. The van der Waals surface area contributed by atoms with Crippen LogP contribution in [0.25, 0.3) is 0 Å². The Morgan fingerprint density at radius 1 is 1.54 bits per heavy atom. The van der Waals surface area contributed by atoms with Gasteiger partial charge in [0.05, 0.1) is 0 Å². The van der Waals surface area contributed by atoms with Crippen molar-refractivity contribution in [1.82, 2.24) is 4.90 Å². The highest BCUT2D eigenvalue weighted by Gasteiger charge is 2.26. The largest absolute Gasteiger partial charge is 0.338 e. The summed E-state index contributed by atoms with van der Waals surface area (Å²) >= 11 is 0. The Labute approximate surface area is 76.9 Å². The Bertz CT molecular complexity index is 180. The normalized spacial score (nSPS) is 17.2. The van der Waals surface area contributed by atoms with Crippen molar-refractivity contribution in [3.63, 3.8) is 0 Å². The molecule has 1 saturated carbocycles. The van der Waals surface area contributed by atoms with E-state index in [1.165, 1.54) is 11.3 Å². The molecule has 0 aromatic rings. The molecule has 0 aliphatic heterocycles. The molecule has 0 atom stereocenters. The van der Waals surface area contributed by atoms with Crippen LogP contribution in [-0.2, 0) is 4.79 Å². The van der Waals surface area contributed by atoms with Crippen molar-refractivity contribution < 1.29 is 13.6 Å². The first kappa shape index (κ1) is 10.4. The van der Waals surface area contributed by atoms with Gasteiger partial charge in [-0.3, -0.25) is 4.79 Å². The van der Waals surface area contributed by atoms with E-state index in [1.54, 1.807) is 6.92 Å². The van der Waals surface area contributed by atoms with Crippen LogP contribution in [0.2, 0.25) is 0 Å². The van der Waals surface area contributed by atoms with E-state index < -0.39 is 12.3 Å². The second kappa shape index (κ2) is 4.53. The van der Waals surface area contributed by atoms with Crippen LogP contribution >= 0.6 is 0 Å². The molecule has 1 amide bonds. The van der Waals surface area contributed by atoms with Gasteiger partial charge in [-0.2, -0.15) is 8.78 Å². The minimum atomic E-state index is -2.85.